The molecule has 1 aliphatic rings. The number of nitrogens with one attached hydrogen (secondary N) is 1. The Bertz CT molecular complexity index is 1930. The van der Waals surface area contributed by atoms with Crippen molar-refractivity contribution in [3.05, 3.63) is 129 Å². The van der Waals surface area contributed by atoms with Crippen LogP contribution in [0, 0.1) is 0 Å². The first-order valence-electron chi connectivity index (χ1n) is 15.8. The van der Waals surface area contributed by atoms with Crippen molar-refractivity contribution >= 4 is 62.3 Å². The number of sulfonamides is 1. The maximum atomic E-state index is 14.6. The first-order valence-corrected chi connectivity index (χ1v) is 18.3. The first-order chi connectivity index (χ1) is 23.7. The van der Waals surface area contributed by atoms with Gasteiger partial charge in [-0.2, -0.15) is 13.2 Å². The summed E-state index contributed by atoms with van der Waals surface area (Å²) in [6.07, 6.45) is -1.46. The predicted molar refractivity (Wildman–Crippen MR) is 189 cm³/mol. The average molecular weight is 767 g/mol. The number of carbonyl (C=O) groups is 2. The van der Waals surface area contributed by atoms with Crippen LogP contribution < -0.4 is 9.62 Å². The third-order valence-electron chi connectivity index (χ3n) is 8.48. The zero-order chi connectivity index (χ0) is 36.1. The quantitative estimate of drug-likeness (QED) is 0.157. The van der Waals surface area contributed by atoms with Crippen molar-refractivity contribution in [2.24, 2.45) is 0 Å². The van der Waals surface area contributed by atoms with E-state index in [0.29, 0.717) is 21.0 Å². The fraction of sp³-hybridized carbons (Fsp3) is 0.278. The Labute approximate surface area is 304 Å². The zero-order valence-electron chi connectivity index (χ0n) is 26.5. The smallest absolute Gasteiger partial charge is 0.352 e. The molecule has 50 heavy (non-hydrogen) atoms. The van der Waals surface area contributed by atoms with E-state index >= 15 is 0 Å². The van der Waals surface area contributed by atoms with Gasteiger partial charge in [0, 0.05) is 29.1 Å². The van der Waals surface area contributed by atoms with Crippen LogP contribution in [0.5, 0.6) is 0 Å². The highest BCUT2D eigenvalue weighted by atomic mass is 35.5. The van der Waals surface area contributed by atoms with Gasteiger partial charge in [0.2, 0.25) is 11.8 Å². The van der Waals surface area contributed by atoms with Crippen LogP contribution in [0.3, 0.4) is 0 Å². The molecule has 2 amide bonds. The SMILES string of the molecule is O=C(NC1CCCC1)C(Cc1ccccc1)N(Cc1ccc(Cl)cc1Cl)C(=O)CN(c1ccc(Cl)c(C(F)(F)F)c1)S(=O)(=O)c1ccccc1. The normalized spacial score (nSPS) is 14.3. The number of hydrogen-bond acceptors (Lipinski definition) is 4. The summed E-state index contributed by atoms with van der Waals surface area (Å²) in [6.45, 7) is -1.19. The summed E-state index contributed by atoms with van der Waals surface area (Å²) in [5.41, 5.74) is -0.585. The topological polar surface area (TPSA) is 86.8 Å². The molecule has 7 nitrogen and oxygen atoms in total. The van der Waals surface area contributed by atoms with Gasteiger partial charge in [0.15, 0.2) is 0 Å². The molecule has 0 radical (unpaired) electrons. The Hall–Kier alpha value is -3.77. The summed E-state index contributed by atoms with van der Waals surface area (Å²) in [5.74, 6) is -1.32. The van der Waals surface area contributed by atoms with Crippen LogP contribution in [0.4, 0.5) is 18.9 Å². The number of hydrogen-bond donors (Lipinski definition) is 1. The molecule has 1 aliphatic carbocycles. The zero-order valence-corrected chi connectivity index (χ0v) is 29.6. The molecule has 1 saturated carbocycles. The van der Waals surface area contributed by atoms with Gasteiger partial charge >= 0.3 is 6.18 Å². The number of rotatable bonds is 12. The van der Waals surface area contributed by atoms with Crippen molar-refractivity contribution in [2.75, 3.05) is 10.8 Å². The molecule has 1 fully saturated rings. The number of halogens is 6. The third kappa shape index (κ3) is 9.11. The lowest BCUT2D eigenvalue weighted by Gasteiger charge is -2.34. The van der Waals surface area contributed by atoms with E-state index in [9.17, 15) is 31.2 Å². The number of anilines is 1. The predicted octanol–water partition coefficient (Wildman–Crippen LogP) is 8.56. The lowest BCUT2D eigenvalue weighted by atomic mass is 10.0. The molecule has 264 valence electrons. The summed E-state index contributed by atoms with van der Waals surface area (Å²) in [7, 11) is -4.64. The molecule has 0 bridgehead atoms. The van der Waals surface area contributed by atoms with Gasteiger partial charge in [0.1, 0.15) is 12.6 Å². The lowest BCUT2D eigenvalue weighted by molar-refractivity contribution is -0.140. The fourth-order valence-electron chi connectivity index (χ4n) is 5.89. The number of benzene rings is 4. The summed E-state index contributed by atoms with van der Waals surface area (Å²) < 4.78 is 70.8. The van der Waals surface area contributed by atoms with E-state index < -0.39 is 56.9 Å². The number of alkyl halides is 3. The van der Waals surface area contributed by atoms with Gasteiger partial charge in [-0.3, -0.25) is 13.9 Å². The molecule has 14 heteroatoms. The van der Waals surface area contributed by atoms with Crippen molar-refractivity contribution < 1.29 is 31.2 Å². The largest absolute Gasteiger partial charge is 0.417 e. The third-order valence-corrected chi connectivity index (χ3v) is 11.2. The minimum absolute atomic E-state index is 0.0565. The van der Waals surface area contributed by atoms with Crippen molar-refractivity contribution in [3.63, 3.8) is 0 Å². The molecule has 0 spiro atoms. The first kappa shape index (κ1) is 37.5. The minimum atomic E-state index is -4.92. The Morgan fingerprint density at radius 1 is 0.840 bits per heavy atom. The Morgan fingerprint density at radius 2 is 1.48 bits per heavy atom. The summed E-state index contributed by atoms with van der Waals surface area (Å²) in [6, 6.07) is 22.0. The Morgan fingerprint density at radius 3 is 2.10 bits per heavy atom. The monoisotopic (exact) mass is 765 g/mol. The summed E-state index contributed by atoms with van der Waals surface area (Å²) in [4.78, 5) is 29.7. The van der Waals surface area contributed by atoms with Crippen LogP contribution in [0.15, 0.2) is 102 Å². The molecule has 0 heterocycles. The van der Waals surface area contributed by atoms with Gasteiger partial charge in [0.05, 0.1) is 21.2 Å². The van der Waals surface area contributed by atoms with E-state index in [0.717, 1.165) is 43.4 Å². The molecule has 0 aliphatic heterocycles. The van der Waals surface area contributed by atoms with E-state index in [4.69, 9.17) is 34.8 Å². The van der Waals surface area contributed by atoms with Gasteiger partial charge in [-0.25, -0.2) is 8.42 Å². The van der Waals surface area contributed by atoms with Crippen LogP contribution in [-0.4, -0.2) is 43.8 Å². The van der Waals surface area contributed by atoms with Crippen LogP contribution in [0.1, 0.15) is 42.4 Å². The maximum absolute atomic E-state index is 14.6. The van der Waals surface area contributed by atoms with Gasteiger partial charge in [-0.15, -0.1) is 0 Å². The molecule has 0 aromatic heterocycles. The molecule has 1 atom stereocenters. The fourth-order valence-corrected chi connectivity index (χ4v) is 8.01. The minimum Gasteiger partial charge on any atom is -0.352 e. The van der Waals surface area contributed by atoms with E-state index in [1.165, 1.54) is 35.2 Å². The van der Waals surface area contributed by atoms with Gasteiger partial charge in [0.25, 0.3) is 10.0 Å². The van der Waals surface area contributed by atoms with Crippen LogP contribution in [-0.2, 0) is 38.8 Å². The van der Waals surface area contributed by atoms with Gasteiger partial charge < -0.3 is 10.2 Å². The molecular weight excluding hydrogens is 734 g/mol. The summed E-state index contributed by atoms with van der Waals surface area (Å²) in [5, 5.41) is 2.95. The van der Waals surface area contributed by atoms with Gasteiger partial charge in [-0.05, 0) is 66.4 Å². The van der Waals surface area contributed by atoms with E-state index in [1.54, 1.807) is 48.5 Å². The highest BCUT2D eigenvalue weighted by Gasteiger charge is 2.38. The average Bonchev–Trinajstić information content (AvgIpc) is 3.59. The van der Waals surface area contributed by atoms with E-state index in [2.05, 4.69) is 5.32 Å². The second kappa shape index (κ2) is 16.1. The van der Waals surface area contributed by atoms with Crippen molar-refractivity contribution in [1.82, 2.24) is 10.2 Å². The molecular formula is C36H33Cl3F3N3O4S. The van der Waals surface area contributed by atoms with Crippen LogP contribution >= 0.6 is 34.8 Å². The van der Waals surface area contributed by atoms with Crippen molar-refractivity contribution in [2.45, 2.75) is 61.8 Å². The molecule has 5 rings (SSSR count). The highest BCUT2D eigenvalue weighted by molar-refractivity contribution is 7.92. The number of carbonyl (C=O) groups excluding carboxylic acids is 2. The maximum Gasteiger partial charge on any atom is 0.417 e. The molecule has 4 aromatic carbocycles. The van der Waals surface area contributed by atoms with Crippen LogP contribution in [0.25, 0.3) is 0 Å². The second-order valence-corrected chi connectivity index (χ2v) is 15.1. The second-order valence-electron chi connectivity index (χ2n) is 11.9. The molecule has 1 unspecified atom stereocenters. The Balaban J connectivity index is 1.62. The molecule has 4 aromatic rings. The summed E-state index contributed by atoms with van der Waals surface area (Å²) >= 11 is 18.6. The number of nitrogens with zero attached hydrogens (tertiary/aromatic N) is 2. The van der Waals surface area contributed by atoms with Gasteiger partial charge in [-0.1, -0.05) is 102 Å². The lowest BCUT2D eigenvalue weighted by Crippen LogP contribution is -2.54. The molecule has 1 N–H and O–H groups in total. The van der Waals surface area contributed by atoms with Crippen molar-refractivity contribution in [1.29, 1.82) is 0 Å². The van der Waals surface area contributed by atoms with Crippen molar-refractivity contribution in [3.8, 4) is 0 Å². The standard InChI is InChI=1S/C36H33Cl3F3N3O4S/c37-26-16-15-25(32(39)20-26)22-44(33(19-24-9-3-1-4-10-24)35(47)43-27-11-7-8-12-27)34(46)23-45(50(48,49)29-13-5-2-6-14-29)28-17-18-31(38)30(21-28)36(40,41)42/h1-6,9-10,13-18,20-21,27,33H,7-8,11-12,19,22-23H2,(H,43,47). The Kier molecular flexibility index (Phi) is 12.0. The van der Waals surface area contributed by atoms with E-state index in [-0.39, 0.29) is 28.9 Å². The molecule has 0 saturated heterocycles. The number of amides is 2. The van der Waals surface area contributed by atoms with Crippen LogP contribution in [0.2, 0.25) is 15.1 Å². The highest BCUT2D eigenvalue weighted by Crippen LogP contribution is 2.38. The van der Waals surface area contributed by atoms with E-state index in [1.807, 2.05) is 0 Å².